The Morgan fingerprint density at radius 2 is 1.65 bits per heavy atom. The Morgan fingerprint density at radius 3 is 2.46 bits per heavy atom. The minimum Gasteiger partial charge on any atom is -0.487 e. The van der Waals surface area contributed by atoms with Crippen molar-refractivity contribution in [2.24, 2.45) is 0 Å². The predicted octanol–water partition coefficient (Wildman–Crippen LogP) is 4.76. The lowest BCUT2D eigenvalue weighted by Crippen LogP contribution is -2.28. The molecule has 0 fully saturated rings. The van der Waals surface area contributed by atoms with Crippen LogP contribution < -0.4 is 15.4 Å². The van der Waals surface area contributed by atoms with Crippen LogP contribution in [0.15, 0.2) is 54.6 Å². The number of amides is 1. The van der Waals surface area contributed by atoms with Gasteiger partial charge < -0.3 is 15.4 Å². The molecule has 0 aliphatic rings. The Kier molecular flexibility index (Phi) is 9.30. The molecule has 4 heteroatoms. The van der Waals surface area contributed by atoms with Gasteiger partial charge in [0, 0.05) is 0 Å². The zero-order chi connectivity index (χ0) is 18.5. The van der Waals surface area contributed by atoms with Gasteiger partial charge in [-0.2, -0.15) is 0 Å². The second kappa shape index (κ2) is 12.1. The lowest BCUT2D eigenvalue weighted by Gasteiger charge is -2.13. The number of hydrogen-bond acceptors (Lipinski definition) is 3. The molecular weight excluding hydrogens is 324 g/mol. The van der Waals surface area contributed by atoms with Gasteiger partial charge in [-0.05, 0) is 30.7 Å². The molecule has 0 aliphatic carbocycles. The van der Waals surface area contributed by atoms with Gasteiger partial charge in [-0.3, -0.25) is 4.79 Å². The molecule has 2 N–H and O–H groups in total. The van der Waals surface area contributed by atoms with Crippen molar-refractivity contribution < 1.29 is 9.53 Å². The molecule has 140 valence electrons. The van der Waals surface area contributed by atoms with Crippen molar-refractivity contribution in [3.05, 3.63) is 60.2 Å². The summed E-state index contributed by atoms with van der Waals surface area (Å²) < 4.78 is 5.87. The maximum atomic E-state index is 12.1. The van der Waals surface area contributed by atoms with Crippen molar-refractivity contribution in [2.75, 3.05) is 18.4 Å². The van der Waals surface area contributed by atoms with Gasteiger partial charge in [0.05, 0.1) is 12.2 Å². The largest absolute Gasteiger partial charge is 0.487 e. The Morgan fingerprint density at radius 1 is 0.923 bits per heavy atom. The highest BCUT2D eigenvalue weighted by Gasteiger charge is 2.07. The third-order valence-corrected chi connectivity index (χ3v) is 4.14. The first-order valence-corrected chi connectivity index (χ1v) is 9.56. The number of carbonyl (C=O) groups excluding carboxylic acids is 1. The first kappa shape index (κ1) is 20.0. The minimum absolute atomic E-state index is 0.0469. The average molecular weight is 354 g/mol. The fourth-order valence-electron chi connectivity index (χ4n) is 2.68. The monoisotopic (exact) mass is 354 g/mol. The van der Waals surface area contributed by atoms with Gasteiger partial charge in [0.1, 0.15) is 12.4 Å². The van der Waals surface area contributed by atoms with Gasteiger partial charge in [-0.15, -0.1) is 0 Å². The number of nitrogens with one attached hydrogen (secondary N) is 2. The quantitative estimate of drug-likeness (QED) is 0.540. The number of rotatable bonds is 12. The molecule has 2 aromatic rings. The summed E-state index contributed by atoms with van der Waals surface area (Å²) in [5.74, 6) is 0.638. The zero-order valence-electron chi connectivity index (χ0n) is 15.7. The molecule has 0 saturated carbocycles. The summed E-state index contributed by atoms with van der Waals surface area (Å²) >= 11 is 0. The molecule has 2 aromatic carbocycles. The molecule has 0 saturated heterocycles. The second-order valence-corrected chi connectivity index (χ2v) is 6.41. The van der Waals surface area contributed by atoms with Crippen LogP contribution in [0.2, 0.25) is 0 Å². The van der Waals surface area contributed by atoms with Gasteiger partial charge in [-0.25, -0.2) is 0 Å². The smallest absolute Gasteiger partial charge is 0.238 e. The summed E-state index contributed by atoms with van der Waals surface area (Å²) in [6.07, 6.45) is 6.15. The molecule has 0 bridgehead atoms. The summed E-state index contributed by atoms with van der Waals surface area (Å²) in [7, 11) is 0. The van der Waals surface area contributed by atoms with Crippen molar-refractivity contribution in [3.8, 4) is 5.75 Å². The Balaban J connectivity index is 1.73. The molecule has 26 heavy (non-hydrogen) atoms. The molecular formula is C22H30N2O2. The number of ether oxygens (including phenoxy) is 1. The van der Waals surface area contributed by atoms with E-state index in [1.54, 1.807) is 0 Å². The summed E-state index contributed by atoms with van der Waals surface area (Å²) in [5.41, 5.74) is 1.80. The topological polar surface area (TPSA) is 50.4 Å². The summed E-state index contributed by atoms with van der Waals surface area (Å²) in [6, 6.07) is 17.5. The maximum absolute atomic E-state index is 12.1. The van der Waals surface area contributed by atoms with E-state index in [4.69, 9.17) is 4.74 Å². The van der Waals surface area contributed by atoms with E-state index in [-0.39, 0.29) is 5.91 Å². The van der Waals surface area contributed by atoms with E-state index in [0.717, 1.165) is 18.5 Å². The zero-order valence-corrected chi connectivity index (χ0v) is 15.7. The first-order valence-electron chi connectivity index (χ1n) is 9.56. The summed E-state index contributed by atoms with van der Waals surface area (Å²) in [5, 5.41) is 6.14. The predicted molar refractivity (Wildman–Crippen MR) is 107 cm³/mol. The normalized spacial score (nSPS) is 10.5. The third-order valence-electron chi connectivity index (χ3n) is 4.14. The molecule has 0 spiro atoms. The van der Waals surface area contributed by atoms with E-state index in [1.165, 1.54) is 25.7 Å². The number of para-hydroxylation sites is 2. The molecule has 0 aromatic heterocycles. The van der Waals surface area contributed by atoms with Crippen molar-refractivity contribution in [1.82, 2.24) is 5.32 Å². The number of benzene rings is 2. The summed E-state index contributed by atoms with van der Waals surface area (Å²) in [4.78, 5) is 12.1. The standard InChI is InChI=1S/C22H30N2O2/c1-2-3-4-5-11-16-23-17-22(25)24-20-14-9-10-15-21(20)26-18-19-12-7-6-8-13-19/h6-10,12-15,23H,2-5,11,16-18H2,1H3,(H,24,25). The fraction of sp³-hybridized carbons (Fsp3) is 0.409. The van der Waals surface area contributed by atoms with Crippen LogP contribution in [-0.4, -0.2) is 19.0 Å². The number of anilines is 1. The van der Waals surface area contributed by atoms with Gasteiger partial charge in [-0.1, -0.05) is 75.1 Å². The van der Waals surface area contributed by atoms with E-state index in [1.807, 2.05) is 54.6 Å². The number of hydrogen-bond donors (Lipinski definition) is 2. The van der Waals surface area contributed by atoms with Gasteiger partial charge in [0.2, 0.25) is 5.91 Å². The highest BCUT2D eigenvalue weighted by atomic mass is 16.5. The third kappa shape index (κ3) is 7.70. The van der Waals surface area contributed by atoms with Crippen LogP contribution in [0.5, 0.6) is 5.75 Å². The highest BCUT2D eigenvalue weighted by Crippen LogP contribution is 2.24. The summed E-state index contributed by atoms with van der Waals surface area (Å²) in [6.45, 7) is 3.89. The second-order valence-electron chi connectivity index (χ2n) is 6.41. The van der Waals surface area contributed by atoms with Gasteiger partial charge in [0.25, 0.3) is 0 Å². The maximum Gasteiger partial charge on any atom is 0.238 e. The number of unbranched alkanes of at least 4 members (excludes halogenated alkanes) is 4. The lowest BCUT2D eigenvalue weighted by atomic mass is 10.1. The van der Waals surface area contributed by atoms with E-state index >= 15 is 0 Å². The van der Waals surface area contributed by atoms with Crippen molar-refractivity contribution >= 4 is 11.6 Å². The van der Waals surface area contributed by atoms with Crippen LogP contribution in [0.3, 0.4) is 0 Å². The molecule has 0 atom stereocenters. The lowest BCUT2D eigenvalue weighted by molar-refractivity contribution is -0.115. The molecule has 0 unspecified atom stereocenters. The molecule has 2 rings (SSSR count). The SMILES string of the molecule is CCCCCCCNCC(=O)Nc1ccccc1OCc1ccccc1. The van der Waals surface area contributed by atoms with Crippen LogP contribution in [0.25, 0.3) is 0 Å². The van der Waals surface area contributed by atoms with Crippen LogP contribution in [0, 0.1) is 0 Å². The highest BCUT2D eigenvalue weighted by molar-refractivity contribution is 5.93. The Labute approximate surface area is 157 Å². The van der Waals surface area contributed by atoms with Crippen molar-refractivity contribution in [1.29, 1.82) is 0 Å². The molecule has 1 amide bonds. The van der Waals surface area contributed by atoms with E-state index in [9.17, 15) is 4.79 Å². The molecule has 0 heterocycles. The fourth-order valence-corrected chi connectivity index (χ4v) is 2.68. The minimum atomic E-state index is -0.0469. The van der Waals surface area contributed by atoms with Crippen LogP contribution in [0.4, 0.5) is 5.69 Å². The van der Waals surface area contributed by atoms with Gasteiger partial charge >= 0.3 is 0 Å². The van der Waals surface area contributed by atoms with Crippen LogP contribution in [-0.2, 0) is 11.4 Å². The van der Waals surface area contributed by atoms with Crippen LogP contribution in [0.1, 0.15) is 44.6 Å². The van der Waals surface area contributed by atoms with E-state index < -0.39 is 0 Å². The molecule has 4 nitrogen and oxygen atoms in total. The van der Waals surface area contributed by atoms with Gasteiger partial charge in [0.15, 0.2) is 0 Å². The Hall–Kier alpha value is -2.33. The molecule has 0 radical (unpaired) electrons. The van der Waals surface area contributed by atoms with Crippen molar-refractivity contribution in [2.45, 2.75) is 45.6 Å². The average Bonchev–Trinajstić information content (AvgIpc) is 2.67. The first-order chi connectivity index (χ1) is 12.8. The van der Waals surface area contributed by atoms with E-state index in [2.05, 4.69) is 17.6 Å². The van der Waals surface area contributed by atoms with E-state index in [0.29, 0.717) is 24.6 Å². The molecule has 0 aliphatic heterocycles. The Bertz CT molecular complexity index is 644. The number of carbonyl (C=O) groups is 1. The van der Waals surface area contributed by atoms with Crippen LogP contribution >= 0.6 is 0 Å². The van der Waals surface area contributed by atoms with Crippen molar-refractivity contribution in [3.63, 3.8) is 0 Å².